The fourth-order valence-electron chi connectivity index (χ4n) is 3.95. The standard InChI is InChI=1S/C23H26F3N3O2/c1-2-29(15-22(31)28-20-12-6-5-11-18(20)23(24,25)26)14-21(30)27-19-13-7-9-16-8-3-4-10-17(16)19/h3-6,8,10-12,19H,2,7,9,13-15H2,1H3,(H,27,30)(H,28,31)/p+1/t19-/m0/s1. The number of hydrogen-bond donors (Lipinski definition) is 3. The fourth-order valence-corrected chi connectivity index (χ4v) is 3.95. The van der Waals surface area contributed by atoms with Gasteiger partial charge in [-0.1, -0.05) is 36.4 Å². The maximum Gasteiger partial charge on any atom is 0.418 e. The minimum absolute atomic E-state index is 0.0527. The molecule has 0 saturated carbocycles. The lowest BCUT2D eigenvalue weighted by molar-refractivity contribution is -0.881. The molecular weight excluding hydrogens is 407 g/mol. The number of anilines is 1. The third kappa shape index (κ3) is 6.07. The van der Waals surface area contributed by atoms with Crippen LogP contribution in [0.15, 0.2) is 48.5 Å². The number of likely N-dealkylation sites (N-methyl/N-ethyl adjacent to an activating group) is 1. The number of carbonyl (C=O) groups excluding carboxylic acids is 2. The van der Waals surface area contributed by atoms with Crippen molar-refractivity contribution >= 4 is 17.5 Å². The van der Waals surface area contributed by atoms with E-state index in [-0.39, 0.29) is 30.7 Å². The number of aryl methyl sites for hydroxylation is 1. The predicted octanol–water partition coefficient (Wildman–Crippen LogP) is 2.74. The van der Waals surface area contributed by atoms with E-state index < -0.39 is 17.6 Å². The van der Waals surface area contributed by atoms with Crippen LogP contribution in [-0.4, -0.2) is 31.4 Å². The van der Waals surface area contributed by atoms with Crippen LogP contribution in [0.25, 0.3) is 0 Å². The summed E-state index contributed by atoms with van der Waals surface area (Å²) >= 11 is 0. The molecule has 2 aromatic rings. The van der Waals surface area contributed by atoms with Crippen LogP contribution in [0.4, 0.5) is 18.9 Å². The zero-order valence-corrected chi connectivity index (χ0v) is 17.4. The van der Waals surface area contributed by atoms with Gasteiger partial charge in [-0.2, -0.15) is 13.2 Å². The molecule has 1 unspecified atom stereocenters. The first-order chi connectivity index (χ1) is 14.8. The Bertz CT molecular complexity index is 930. The van der Waals surface area contributed by atoms with Crippen molar-refractivity contribution < 1.29 is 27.7 Å². The molecule has 1 aliphatic rings. The maximum absolute atomic E-state index is 13.1. The highest BCUT2D eigenvalue weighted by molar-refractivity contribution is 5.92. The maximum atomic E-state index is 13.1. The van der Waals surface area contributed by atoms with E-state index in [0.29, 0.717) is 11.4 Å². The van der Waals surface area contributed by atoms with Crippen LogP contribution in [0.2, 0.25) is 0 Å². The largest absolute Gasteiger partial charge is 0.418 e. The molecule has 0 radical (unpaired) electrons. The molecule has 3 rings (SSSR count). The smallest absolute Gasteiger partial charge is 0.344 e. The van der Waals surface area contributed by atoms with E-state index in [0.717, 1.165) is 30.9 Å². The highest BCUT2D eigenvalue weighted by Gasteiger charge is 2.34. The summed E-state index contributed by atoms with van der Waals surface area (Å²) in [5.41, 5.74) is 1.19. The number of hydrogen-bond acceptors (Lipinski definition) is 2. The second-order valence-electron chi connectivity index (χ2n) is 7.76. The Balaban J connectivity index is 1.57. The number of fused-ring (bicyclic) bond motifs is 1. The van der Waals surface area contributed by atoms with Crippen LogP contribution < -0.4 is 15.5 Å². The molecule has 0 saturated heterocycles. The summed E-state index contributed by atoms with van der Waals surface area (Å²) in [6, 6.07) is 12.8. The summed E-state index contributed by atoms with van der Waals surface area (Å²) in [5, 5.41) is 5.39. The molecule has 0 aromatic heterocycles. The predicted molar refractivity (Wildman–Crippen MR) is 112 cm³/mol. The van der Waals surface area contributed by atoms with E-state index in [1.165, 1.54) is 23.8 Å². The minimum Gasteiger partial charge on any atom is -0.344 e. The second-order valence-corrected chi connectivity index (χ2v) is 7.76. The molecule has 2 atom stereocenters. The van der Waals surface area contributed by atoms with E-state index in [1.54, 1.807) is 0 Å². The number of amides is 2. The lowest BCUT2D eigenvalue weighted by Gasteiger charge is -2.27. The highest BCUT2D eigenvalue weighted by Crippen LogP contribution is 2.34. The highest BCUT2D eigenvalue weighted by atomic mass is 19.4. The molecule has 1 aliphatic carbocycles. The Kier molecular flexibility index (Phi) is 7.33. The second kappa shape index (κ2) is 9.96. The SMILES string of the molecule is CC[NH+](CC(=O)Nc1ccccc1C(F)(F)F)CC(=O)N[C@H]1CCCc2ccccc21. The van der Waals surface area contributed by atoms with Gasteiger partial charge < -0.3 is 15.5 Å². The molecule has 0 heterocycles. The lowest BCUT2D eigenvalue weighted by Crippen LogP contribution is -3.14. The van der Waals surface area contributed by atoms with Crippen molar-refractivity contribution in [2.24, 2.45) is 0 Å². The Labute approximate surface area is 179 Å². The zero-order valence-electron chi connectivity index (χ0n) is 17.4. The van der Waals surface area contributed by atoms with Gasteiger partial charge in [0.25, 0.3) is 11.8 Å². The summed E-state index contributed by atoms with van der Waals surface area (Å²) in [6.07, 6.45) is -1.71. The number of nitrogens with one attached hydrogen (secondary N) is 3. The summed E-state index contributed by atoms with van der Waals surface area (Å²) in [6.45, 7) is 2.29. The van der Waals surface area contributed by atoms with Crippen LogP contribution in [0.1, 0.15) is 42.5 Å². The number of quaternary nitrogens is 1. The van der Waals surface area contributed by atoms with Gasteiger partial charge in [0.15, 0.2) is 13.1 Å². The summed E-state index contributed by atoms with van der Waals surface area (Å²) in [7, 11) is 0. The topological polar surface area (TPSA) is 62.6 Å². The minimum atomic E-state index is -4.56. The average molecular weight is 434 g/mol. The molecular formula is C23H27F3N3O2+. The normalized spacial score (nSPS) is 16.8. The van der Waals surface area contributed by atoms with E-state index in [1.807, 2.05) is 25.1 Å². The quantitative estimate of drug-likeness (QED) is 0.628. The molecule has 31 heavy (non-hydrogen) atoms. The van der Waals surface area contributed by atoms with Crippen molar-refractivity contribution in [2.75, 3.05) is 25.0 Å². The molecule has 2 amide bonds. The van der Waals surface area contributed by atoms with E-state index in [9.17, 15) is 22.8 Å². The third-order valence-corrected chi connectivity index (χ3v) is 5.53. The first-order valence-electron chi connectivity index (χ1n) is 10.4. The Morgan fingerprint density at radius 1 is 1.03 bits per heavy atom. The molecule has 3 N–H and O–H groups in total. The molecule has 5 nitrogen and oxygen atoms in total. The number of para-hydroxylation sites is 1. The van der Waals surface area contributed by atoms with Gasteiger partial charge >= 0.3 is 6.18 Å². The molecule has 166 valence electrons. The first kappa shape index (κ1) is 22.8. The van der Waals surface area contributed by atoms with Gasteiger partial charge in [-0.3, -0.25) is 9.59 Å². The lowest BCUT2D eigenvalue weighted by atomic mass is 9.88. The summed E-state index contributed by atoms with van der Waals surface area (Å²) in [4.78, 5) is 25.6. The van der Waals surface area contributed by atoms with Gasteiger partial charge in [-0.25, -0.2) is 0 Å². The zero-order chi connectivity index (χ0) is 22.4. The number of carbonyl (C=O) groups is 2. The van der Waals surface area contributed by atoms with Gasteiger partial charge in [0.2, 0.25) is 0 Å². The van der Waals surface area contributed by atoms with Crippen molar-refractivity contribution in [3.63, 3.8) is 0 Å². The van der Waals surface area contributed by atoms with Crippen LogP contribution in [0.5, 0.6) is 0 Å². The van der Waals surface area contributed by atoms with Gasteiger partial charge in [-0.05, 0) is 49.4 Å². The van der Waals surface area contributed by atoms with Crippen molar-refractivity contribution in [3.05, 3.63) is 65.2 Å². The van der Waals surface area contributed by atoms with Crippen LogP contribution in [-0.2, 0) is 22.2 Å². The van der Waals surface area contributed by atoms with Gasteiger partial charge in [0.05, 0.1) is 23.8 Å². The van der Waals surface area contributed by atoms with Gasteiger partial charge in [0.1, 0.15) is 0 Å². The van der Waals surface area contributed by atoms with Gasteiger partial charge in [-0.15, -0.1) is 0 Å². The summed E-state index contributed by atoms with van der Waals surface area (Å²) < 4.78 is 39.4. The Morgan fingerprint density at radius 3 is 2.45 bits per heavy atom. The van der Waals surface area contributed by atoms with Crippen molar-refractivity contribution in [1.29, 1.82) is 0 Å². The number of rotatable bonds is 7. The molecule has 0 aliphatic heterocycles. The van der Waals surface area contributed by atoms with E-state index in [2.05, 4.69) is 16.7 Å². The summed E-state index contributed by atoms with van der Waals surface area (Å²) in [5.74, 6) is -0.744. The Hall–Kier alpha value is -2.87. The third-order valence-electron chi connectivity index (χ3n) is 5.53. The van der Waals surface area contributed by atoms with Crippen molar-refractivity contribution in [1.82, 2.24) is 5.32 Å². The van der Waals surface area contributed by atoms with Crippen LogP contribution >= 0.6 is 0 Å². The fraction of sp³-hybridized carbons (Fsp3) is 0.391. The van der Waals surface area contributed by atoms with Crippen LogP contribution in [0, 0.1) is 0 Å². The van der Waals surface area contributed by atoms with E-state index >= 15 is 0 Å². The number of alkyl halides is 3. The number of halogens is 3. The monoisotopic (exact) mass is 434 g/mol. The molecule has 2 aromatic carbocycles. The first-order valence-corrected chi connectivity index (χ1v) is 10.4. The van der Waals surface area contributed by atoms with E-state index in [4.69, 9.17) is 0 Å². The molecule has 0 fully saturated rings. The van der Waals surface area contributed by atoms with Crippen molar-refractivity contribution in [2.45, 2.75) is 38.4 Å². The van der Waals surface area contributed by atoms with Gasteiger partial charge in [0, 0.05) is 0 Å². The molecule has 0 bridgehead atoms. The molecule has 0 spiro atoms. The van der Waals surface area contributed by atoms with Crippen LogP contribution in [0.3, 0.4) is 0 Å². The molecule has 8 heteroatoms. The average Bonchev–Trinajstić information content (AvgIpc) is 2.73. The van der Waals surface area contributed by atoms with Crippen molar-refractivity contribution in [3.8, 4) is 0 Å². The Morgan fingerprint density at radius 2 is 1.71 bits per heavy atom. The number of benzene rings is 2.